The highest BCUT2D eigenvalue weighted by Crippen LogP contribution is 2.07. The van der Waals surface area contributed by atoms with E-state index in [0.717, 1.165) is 13.2 Å². The second-order valence-electron chi connectivity index (χ2n) is 4.51. The highest BCUT2D eigenvalue weighted by molar-refractivity contribution is 4.83. The zero-order chi connectivity index (χ0) is 11.3. The van der Waals surface area contributed by atoms with Gasteiger partial charge in [-0.25, -0.2) is 0 Å². The molecule has 92 valence electrons. The Morgan fingerprint density at radius 2 is 1.12 bits per heavy atom. The van der Waals surface area contributed by atoms with Gasteiger partial charge in [0, 0.05) is 6.61 Å². The molecule has 0 aliphatic carbocycles. The van der Waals surface area contributed by atoms with E-state index in [-0.39, 0.29) is 0 Å². The summed E-state index contributed by atoms with van der Waals surface area (Å²) in [5, 5.41) is 0. The summed E-state index contributed by atoms with van der Waals surface area (Å²) < 4.78 is 5.53. The van der Waals surface area contributed by atoms with E-state index < -0.39 is 0 Å². The van der Waals surface area contributed by atoms with Crippen molar-refractivity contribution in [1.82, 2.24) is 0 Å². The first-order chi connectivity index (χ1) is 8.00. The average molecular weight is 222 g/mol. The molecule has 0 atom stereocenters. The van der Waals surface area contributed by atoms with Crippen LogP contribution in [0.3, 0.4) is 0 Å². The normalized spacial score (nSPS) is 26.0. The van der Waals surface area contributed by atoms with Crippen molar-refractivity contribution >= 4 is 0 Å². The van der Waals surface area contributed by atoms with Crippen LogP contribution < -0.4 is 0 Å². The molecule has 0 saturated carbocycles. The van der Waals surface area contributed by atoms with Gasteiger partial charge in [0.05, 0.1) is 6.61 Å². The standard InChI is InChI=1S/C15H26O/c1-2-4-6-8-10-12-14-16-15-13-11-9-7-5-3-1/h2,4,11,13H,1,3,5-10,12,14-15H2/b4-2-,13-11-. The molecule has 0 unspecified atom stereocenters. The topological polar surface area (TPSA) is 9.23 Å². The summed E-state index contributed by atoms with van der Waals surface area (Å²) in [5.74, 6) is 0. The summed E-state index contributed by atoms with van der Waals surface area (Å²) >= 11 is 0. The Bertz CT molecular complexity index is 174. The number of ether oxygens (including phenoxy) is 1. The van der Waals surface area contributed by atoms with Crippen LogP contribution in [-0.4, -0.2) is 13.2 Å². The maximum absolute atomic E-state index is 5.53. The van der Waals surface area contributed by atoms with E-state index in [1.807, 2.05) is 0 Å². The Morgan fingerprint density at radius 1 is 0.562 bits per heavy atom. The van der Waals surface area contributed by atoms with Crippen LogP contribution in [0.4, 0.5) is 0 Å². The van der Waals surface area contributed by atoms with Crippen molar-refractivity contribution in [3.63, 3.8) is 0 Å². The first-order valence-electron chi connectivity index (χ1n) is 6.88. The molecule has 16 heavy (non-hydrogen) atoms. The molecule has 0 aromatic carbocycles. The number of hydrogen-bond donors (Lipinski definition) is 0. The van der Waals surface area contributed by atoms with Crippen LogP contribution in [0.5, 0.6) is 0 Å². The Morgan fingerprint density at radius 3 is 1.81 bits per heavy atom. The molecule has 0 fully saturated rings. The van der Waals surface area contributed by atoms with Gasteiger partial charge in [0.2, 0.25) is 0 Å². The third-order valence-electron chi connectivity index (χ3n) is 2.95. The summed E-state index contributed by atoms with van der Waals surface area (Å²) in [4.78, 5) is 0. The Hall–Kier alpha value is -0.560. The first-order valence-corrected chi connectivity index (χ1v) is 6.88. The van der Waals surface area contributed by atoms with Crippen molar-refractivity contribution in [2.45, 2.75) is 57.8 Å². The van der Waals surface area contributed by atoms with Crippen LogP contribution in [0.25, 0.3) is 0 Å². The molecule has 0 N–H and O–H groups in total. The predicted molar refractivity (Wildman–Crippen MR) is 70.7 cm³/mol. The van der Waals surface area contributed by atoms with E-state index in [4.69, 9.17) is 4.74 Å². The minimum Gasteiger partial charge on any atom is -0.377 e. The van der Waals surface area contributed by atoms with Gasteiger partial charge >= 0.3 is 0 Å². The lowest BCUT2D eigenvalue weighted by molar-refractivity contribution is 0.157. The van der Waals surface area contributed by atoms with Crippen LogP contribution in [-0.2, 0) is 4.74 Å². The van der Waals surface area contributed by atoms with E-state index in [1.165, 1.54) is 57.8 Å². The third kappa shape index (κ3) is 8.72. The van der Waals surface area contributed by atoms with Gasteiger partial charge in [-0.05, 0) is 44.9 Å². The summed E-state index contributed by atoms with van der Waals surface area (Å²) in [7, 11) is 0. The Labute approximate surface area is 101 Å². The van der Waals surface area contributed by atoms with Crippen molar-refractivity contribution in [3.8, 4) is 0 Å². The highest BCUT2D eigenvalue weighted by Gasteiger charge is 1.90. The second-order valence-corrected chi connectivity index (χ2v) is 4.51. The lowest BCUT2D eigenvalue weighted by Gasteiger charge is -2.01. The minimum atomic E-state index is 0.805. The fourth-order valence-corrected chi connectivity index (χ4v) is 1.92. The summed E-state index contributed by atoms with van der Waals surface area (Å²) in [6, 6.07) is 0. The highest BCUT2D eigenvalue weighted by atomic mass is 16.5. The van der Waals surface area contributed by atoms with Gasteiger partial charge in [-0.15, -0.1) is 0 Å². The molecule has 1 nitrogen and oxygen atoms in total. The molecule has 0 bridgehead atoms. The second kappa shape index (κ2) is 10.9. The molecular formula is C15H26O. The monoisotopic (exact) mass is 222 g/mol. The number of hydrogen-bond acceptors (Lipinski definition) is 1. The van der Waals surface area contributed by atoms with E-state index in [2.05, 4.69) is 24.3 Å². The molecule has 0 radical (unpaired) electrons. The average Bonchev–Trinajstić information content (AvgIpc) is 2.29. The van der Waals surface area contributed by atoms with Crippen molar-refractivity contribution in [2.75, 3.05) is 13.2 Å². The first kappa shape index (κ1) is 13.5. The van der Waals surface area contributed by atoms with Crippen molar-refractivity contribution in [2.24, 2.45) is 0 Å². The van der Waals surface area contributed by atoms with Gasteiger partial charge in [0.25, 0.3) is 0 Å². The molecule has 1 heteroatoms. The van der Waals surface area contributed by atoms with E-state index in [9.17, 15) is 0 Å². The molecule has 0 saturated heterocycles. The van der Waals surface area contributed by atoms with Gasteiger partial charge in [-0.3, -0.25) is 0 Å². The fraction of sp³-hybridized carbons (Fsp3) is 0.733. The van der Waals surface area contributed by atoms with Crippen LogP contribution in [0.2, 0.25) is 0 Å². The molecule has 0 aromatic heterocycles. The molecule has 0 aromatic rings. The number of rotatable bonds is 0. The van der Waals surface area contributed by atoms with Crippen molar-refractivity contribution in [3.05, 3.63) is 24.3 Å². The largest absolute Gasteiger partial charge is 0.377 e. The maximum Gasteiger partial charge on any atom is 0.0647 e. The third-order valence-corrected chi connectivity index (χ3v) is 2.95. The quantitative estimate of drug-likeness (QED) is 0.542. The lowest BCUT2D eigenvalue weighted by atomic mass is 10.1. The summed E-state index contributed by atoms with van der Waals surface area (Å²) in [6.07, 6.45) is 20.7. The van der Waals surface area contributed by atoms with Gasteiger partial charge in [0.1, 0.15) is 0 Å². The molecular weight excluding hydrogens is 196 g/mol. The molecule has 1 aliphatic rings. The van der Waals surface area contributed by atoms with Gasteiger partial charge in [0.15, 0.2) is 0 Å². The zero-order valence-electron chi connectivity index (χ0n) is 10.5. The molecule has 0 amide bonds. The van der Waals surface area contributed by atoms with E-state index >= 15 is 0 Å². The van der Waals surface area contributed by atoms with Crippen molar-refractivity contribution < 1.29 is 4.74 Å². The molecule has 1 heterocycles. The zero-order valence-corrected chi connectivity index (χ0v) is 10.5. The summed E-state index contributed by atoms with van der Waals surface area (Å²) in [5.41, 5.74) is 0. The van der Waals surface area contributed by atoms with Crippen LogP contribution in [0.1, 0.15) is 57.8 Å². The maximum atomic E-state index is 5.53. The Kier molecular flexibility index (Phi) is 9.24. The van der Waals surface area contributed by atoms with Crippen LogP contribution in [0.15, 0.2) is 24.3 Å². The molecule has 1 rings (SSSR count). The predicted octanol–water partition coefficient (Wildman–Crippen LogP) is 4.64. The number of allylic oxidation sites excluding steroid dienone is 3. The minimum absolute atomic E-state index is 0.805. The van der Waals surface area contributed by atoms with Gasteiger partial charge < -0.3 is 4.74 Å². The SMILES string of the molecule is C1=C\CCCCCOC/C=C\CCCCC/1. The fourth-order valence-electron chi connectivity index (χ4n) is 1.92. The molecule has 1 aliphatic heterocycles. The molecule has 0 spiro atoms. The van der Waals surface area contributed by atoms with E-state index in [0.29, 0.717) is 0 Å². The summed E-state index contributed by atoms with van der Waals surface area (Å²) in [6.45, 7) is 1.73. The van der Waals surface area contributed by atoms with Crippen molar-refractivity contribution in [1.29, 1.82) is 0 Å². The van der Waals surface area contributed by atoms with E-state index in [1.54, 1.807) is 0 Å². The van der Waals surface area contributed by atoms with Crippen LogP contribution in [0, 0.1) is 0 Å². The van der Waals surface area contributed by atoms with Crippen LogP contribution >= 0.6 is 0 Å². The van der Waals surface area contributed by atoms with Gasteiger partial charge in [-0.1, -0.05) is 37.1 Å². The Balaban J connectivity index is 2.14. The lowest BCUT2D eigenvalue weighted by Crippen LogP contribution is -1.94. The smallest absolute Gasteiger partial charge is 0.0647 e. The van der Waals surface area contributed by atoms with Gasteiger partial charge in [-0.2, -0.15) is 0 Å².